The van der Waals surface area contributed by atoms with E-state index in [4.69, 9.17) is 14.2 Å². The number of hydrogen-bond donors (Lipinski definition) is 0. The highest BCUT2D eigenvalue weighted by Crippen LogP contribution is 2.28. The molecular formula is C15H23FO3. The van der Waals surface area contributed by atoms with Crippen LogP contribution in [0.1, 0.15) is 27.2 Å². The minimum Gasteiger partial charge on any atom is -0.493 e. The molecule has 4 heteroatoms. The summed E-state index contributed by atoms with van der Waals surface area (Å²) in [6, 6.07) is 4.25. The molecule has 0 aliphatic carbocycles. The van der Waals surface area contributed by atoms with Crippen molar-refractivity contribution in [3.8, 4) is 11.5 Å². The van der Waals surface area contributed by atoms with Gasteiger partial charge in [0.25, 0.3) is 0 Å². The number of hydrogen-bond acceptors (Lipinski definition) is 3. The van der Waals surface area contributed by atoms with E-state index in [0.29, 0.717) is 30.6 Å². The van der Waals surface area contributed by atoms with Crippen LogP contribution >= 0.6 is 0 Å². The molecule has 1 aromatic rings. The van der Waals surface area contributed by atoms with Crippen molar-refractivity contribution >= 4 is 0 Å². The van der Waals surface area contributed by atoms with Crippen LogP contribution in [-0.4, -0.2) is 26.4 Å². The lowest BCUT2D eigenvalue weighted by Gasteiger charge is -2.20. The summed E-state index contributed by atoms with van der Waals surface area (Å²) in [6.45, 7) is 7.34. The lowest BCUT2D eigenvalue weighted by molar-refractivity contribution is 0.0145. The molecule has 0 spiro atoms. The van der Waals surface area contributed by atoms with Crippen LogP contribution in [0.4, 0.5) is 4.39 Å². The number of methoxy groups -OCH3 is 1. The molecule has 1 rings (SSSR count). The van der Waals surface area contributed by atoms with E-state index in [-0.39, 0.29) is 11.9 Å². The second-order valence-electron chi connectivity index (χ2n) is 4.81. The monoisotopic (exact) mass is 270 g/mol. The molecule has 19 heavy (non-hydrogen) atoms. The van der Waals surface area contributed by atoms with E-state index in [1.165, 1.54) is 19.2 Å². The molecule has 0 fully saturated rings. The highest BCUT2D eigenvalue weighted by atomic mass is 19.1. The maximum Gasteiger partial charge on any atom is 0.163 e. The Balaban J connectivity index is 2.62. The quantitative estimate of drug-likeness (QED) is 0.721. The number of benzene rings is 1. The molecule has 3 nitrogen and oxygen atoms in total. The topological polar surface area (TPSA) is 27.7 Å². The third-order valence-electron chi connectivity index (χ3n) is 2.69. The molecule has 0 radical (unpaired) electrons. The number of halogens is 1. The van der Waals surface area contributed by atoms with Crippen molar-refractivity contribution in [2.24, 2.45) is 5.92 Å². The van der Waals surface area contributed by atoms with Crippen molar-refractivity contribution in [2.45, 2.75) is 33.3 Å². The van der Waals surface area contributed by atoms with Crippen LogP contribution in [0.5, 0.6) is 11.5 Å². The van der Waals surface area contributed by atoms with Gasteiger partial charge in [0, 0.05) is 12.7 Å². The number of ether oxygens (including phenoxy) is 3. The van der Waals surface area contributed by atoms with Crippen molar-refractivity contribution in [3.63, 3.8) is 0 Å². The van der Waals surface area contributed by atoms with Crippen molar-refractivity contribution in [1.29, 1.82) is 0 Å². The van der Waals surface area contributed by atoms with Gasteiger partial charge in [-0.2, -0.15) is 0 Å². The first-order valence-corrected chi connectivity index (χ1v) is 6.64. The predicted molar refractivity (Wildman–Crippen MR) is 73.3 cm³/mol. The second kappa shape index (κ2) is 8.00. The lowest BCUT2D eigenvalue weighted by atomic mass is 10.1. The molecule has 108 valence electrons. The largest absolute Gasteiger partial charge is 0.493 e. The Kier molecular flexibility index (Phi) is 6.64. The Labute approximate surface area is 114 Å². The molecule has 0 amide bonds. The average Bonchev–Trinajstić information content (AvgIpc) is 2.36. The molecule has 0 aliphatic rings. The molecule has 1 atom stereocenters. The van der Waals surface area contributed by atoms with Crippen LogP contribution in [0.25, 0.3) is 0 Å². The van der Waals surface area contributed by atoms with Crippen LogP contribution in [0.15, 0.2) is 18.2 Å². The van der Waals surface area contributed by atoms with E-state index in [9.17, 15) is 4.39 Å². The average molecular weight is 270 g/mol. The van der Waals surface area contributed by atoms with E-state index in [1.54, 1.807) is 6.07 Å². The van der Waals surface area contributed by atoms with E-state index in [2.05, 4.69) is 13.8 Å². The predicted octanol–water partition coefficient (Wildman–Crippen LogP) is 3.66. The van der Waals surface area contributed by atoms with Crippen molar-refractivity contribution in [2.75, 3.05) is 20.3 Å². The van der Waals surface area contributed by atoms with Crippen molar-refractivity contribution < 1.29 is 18.6 Å². The first kappa shape index (κ1) is 15.8. The van der Waals surface area contributed by atoms with Crippen molar-refractivity contribution in [1.82, 2.24) is 0 Å². The smallest absolute Gasteiger partial charge is 0.163 e. The van der Waals surface area contributed by atoms with E-state index in [0.717, 1.165) is 6.42 Å². The standard InChI is InChI=1S/C15H23FO3/c1-5-18-13(8-11(2)3)10-19-14-7-6-12(16)9-15(14)17-4/h6-7,9,11,13H,5,8,10H2,1-4H3. The van der Waals surface area contributed by atoms with Gasteiger partial charge in [-0.15, -0.1) is 0 Å². The molecule has 1 aromatic carbocycles. The van der Waals surface area contributed by atoms with Gasteiger partial charge in [-0.25, -0.2) is 4.39 Å². The summed E-state index contributed by atoms with van der Waals surface area (Å²) in [5, 5.41) is 0. The van der Waals surface area contributed by atoms with Crippen LogP contribution in [0, 0.1) is 11.7 Å². The summed E-state index contributed by atoms with van der Waals surface area (Å²) < 4.78 is 29.5. The SMILES string of the molecule is CCOC(COc1ccc(F)cc1OC)CC(C)C. The van der Waals surface area contributed by atoms with Gasteiger partial charge in [-0.3, -0.25) is 0 Å². The van der Waals surface area contributed by atoms with Gasteiger partial charge in [-0.05, 0) is 31.4 Å². The molecule has 0 saturated carbocycles. The molecule has 0 heterocycles. The first-order valence-electron chi connectivity index (χ1n) is 6.64. The molecule has 0 N–H and O–H groups in total. The highest BCUT2D eigenvalue weighted by Gasteiger charge is 2.13. The maximum atomic E-state index is 13.1. The van der Waals surface area contributed by atoms with Gasteiger partial charge < -0.3 is 14.2 Å². The van der Waals surface area contributed by atoms with Crippen LogP contribution in [-0.2, 0) is 4.74 Å². The lowest BCUT2D eigenvalue weighted by Crippen LogP contribution is -2.23. The molecule has 0 saturated heterocycles. The minimum atomic E-state index is -0.340. The fraction of sp³-hybridized carbons (Fsp3) is 0.600. The molecular weight excluding hydrogens is 247 g/mol. The number of rotatable bonds is 8. The van der Waals surface area contributed by atoms with Gasteiger partial charge in [0.1, 0.15) is 12.4 Å². The van der Waals surface area contributed by atoms with Gasteiger partial charge in [0.15, 0.2) is 11.5 Å². The molecule has 1 unspecified atom stereocenters. The van der Waals surface area contributed by atoms with Crippen LogP contribution < -0.4 is 9.47 Å². The minimum absolute atomic E-state index is 0.0414. The van der Waals surface area contributed by atoms with Gasteiger partial charge in [0.2, 0.25) is 0 Å². The van der Waals surface area contributed by atoms with Gasteiger partial charge in [0.05, 0.1) is 13.2 Å². The third-order valence-corrected chi connectivity index (χ3v) is 2.69. The van der Waals surface area contributed by atoms with Gasteiger partial charge >= 0.3 is 0 Å². The first-order chi connectivity index (χ1) is 9.06. The Bertz CT molecular complexity index is 380. The fourth-order valence-electron chi connectivity index (χ4n) is 1.89. The highest BCUT2D eigenvalue weighted by molar-refractivity contribution is 5.39. The molecule has 0 aliphatic heterocycles. The summed E-state index contributed by atoms with van der Waals surface area (Å²) in [7, 11) is 1.50. The third kappa shape index (κ3) is 5.47. The summed E-state index contributed by atoms with van der Waals surface area (Å²) >= 11 is 0. The summed E-state index contributed by atoms with van der Waals surface area (Å²) in [6.07, 6.45) is 0.969. The zero-order valence-corrected chi connectivity index (χ0v) is 12.1. The normalized spacial score (nSPS) is 12.5. The van der Waals surface area contributed by atoms with Crippen molar-refractivity contribution in [3.05, 3.63) is 24.0 Å². The molecule has 0 aromatic heterocycles. The zero-order chi connectivity index (χ0) is 14.3. The maximum absolute atomic E-state index is 13.1. The molecule has 0 bridgehead atoms. The summed E-state index contributed by atoms with van der Waals surface area (Å²) in [5.74, 6) is 1.14. The Morgan fingerprint density at radius 2 is 1.95 bits per heavy atom. The fourth-order valence-corrected chi connectivity index (χ4v) is 1.89. The second-order valence-corrected chi connectivity index (χ2v) is 4.81. The van der Waals surface area contributed by atoms with E-state index < -0.39 is 0 Å². The Hall–Kier alpha value is -1.29. The zero-order valence-electron chi connectivity index (χ0n) is 12.1. The van der Waals surface area contributed by atoms with Crippen LogP contribution in [0.3, 0.4) is 0 Å². The van der Waals surface area contributed by atoms with E-state index >= 15 is 0 Å². The van der Waals surface area contributed by atoms with Gasteiger partial charge in [-0.1, -0.05) is 13.8 Å². The Morgan fingerprint density at radius 3 is 2.53 bits per heavy atom. The van der Waals surface area contributed by atoms with E-state index in [1.807, 2.05) is 6.92 Å². The van der Waals surface area contributed by atoms with Crippen LogP contribution in [0.2, 0.25) is 0 Å². The Morgan fingerprint density at radius 1 is 1.21 bits per heavy atom. The summed E-state index contributed by atoms with van der Waals surface area (Å²) in [4.78, 5) is 0. The summed E-state index contributed by atoms with van der Waals surface area (Å²) in [5.41, 5.74) is 0.